The topological polar surface area (TPSA) is 197 Å². The van der Waals surface area contributed by atoms with Crippen LogP contribution >= 0.6 is 0 Å². The Bertz CT molecular complexity index is 1840. The van der Waals surface area contributed by atoms with Gasteiger partial charge in [0.15, 0.2) is 5.78 Å². The van der Waals surface area contributed by atoms with Crippen molar-refractivity contribution in [2.75, 3.05) is 26.3 Å². The maximum atomic E-state index is 13.1. The lowest BCUT2D eigenvalue weighted by atomic mass is 9.83. The van der Waals surface area contributed by atoms with Gasteiger partial charge in [0.2, 0.25) is 35.4 Å². The molecule has 1 aliphatic carbocycles. The Morgan fingerprint density at radius 1 is 0.824 bits per heavy atom. The van der Waals surface area contributed by atoms with Crippen LogP contribution in [0.1, 0.15) is 75.1 Å². The average molecular weight is 698 g/mol. The van der Waals surface area contributed by atoms with Crippen LogP contribution in [0.15, 0.2) is 42.5 Å². The number of nitrogens with one attached hydrogen (secondary N) is 4. The minimum Gasteiger partial charge on any atom is -0.378 e. The van der Waals surface area contributed by atoms with Gasteiger partial charge in [0.1, 0.15) is 6.04 Å². The Hall–Kier alpha value is -5.50. The first-order chi connectivity index (χ1) is 24.6. The van der Waals surface area contributed by atoms with Crippen LogP contribution in [0.25, 0.3) is 6.08 Å². The number of carbonyl (C=O) groups excluding carboxylic acids is 8. The lowest BCUT2D eigenvalue weighted by Gasteiger charge is -2.29. The van der Waals surface area contributed by atoms with Crippen molar-refractivity contribution >= 4 is 53.2 Å². The van der Waals surface area contributed by atoms with Gasteiger partial charge < -0.3 is 20.3 Å². The molecule has 266 valence electrons. The third-order valence-corrected chi connectivity index (χ3v) is 9.83. The van der Waals surface area contributed by atoms with E-state index in [0.29, 0.717) is 30.4 Å². The molecule has 0 bridgehead atoms. The Balaban J connectivity index is 0.877. The fraction of sp³-hybridized carbons (Fsp3) is 0.405. The zero-order valence-electron chi connectivity index (χ0n) is 28.0. The van der Waals surface area contributed by atoms with Crippen molar-refractivity contribution in [2.45, 2.75) is 57.5 Å². The molecule has 51 heavy (non-hydrogen) atoms. The number of amides is 7. The summed E-state index contributed by atoms with van der Waals surface area (Å²) in [5, 5.41) is 10.2. The summed E-state index contributed by atoms with van der Waals surface area (Å²) in [7, 11) is 0. The third-order valence-electron chi connectivity index (χ3n) is 9.83. The highest BCUT2D eigenvalue weighted by Gasteiger charge is 2.43. The van der Waals surface area contributed by atoms with Gasteiger partial charge in [-0.1, -0.05) is 30.3 Å². The van der Waals surface area contributed by atoms with Crippen LogP contribution in [0, 0.1) is 11.8 Å². The quantitative estimate of drug-likeness (QED) is 0.133. The number of benzene rings is 2. The lowest BCUT2D eigenvalue weighted by Crippen LogP contribution is -2.52. The summed E-state index contributed by atoms with van der Waals surface area (Å²) >= 11 is 0. The molecule has 2 aromatic rings. The molecule has 0 spiro atoms. The van der Waals surface area contributed by atoms with E-state index in [1.54, 1.807) is 30.3 Å². The standard InChI is InChI=1S/C37H39N5O9/c43-30(11-7-21-3-1-5-23-26(21)19-27(34(23)47)24-9-13-32(45)40-35(24)48)38-15-17-51-18-16-39-31(44)12-8-22-4-2-6-25-28(22)20-42(37(25)50)29-10-14-33(46)41-36(29)49/h1-7,11,24,27,29H,8-10,12-20H2,(H,38,43)(H,39,44)(H,40,45,48)(H,41,46,49)/b11-7+. The Morgan fingerprint density at radius 3 is 2.29 bits per heavy atom. The van der Waals surface area contributed by atoms with E-state index >= 15 is 0 Å². The highest BCUT2D eigenvalue weighted by molar-refractivity contribution is 6.08. The monoisotopic (exact) mass is 697 g/mol. The molecule has 3 heterocycles. The van der Waals surface area contributed by atoms with Crippen molar-refractivity contribution in [3.63, 3.8) is 0 Å². The number of ether oxygens (including phenoxy) is 1. The Labute approximate surface area is 293 Å². The molecule has 0 aromatic heterocycles. The lowest BCUT2D eigenvalue weighted by molar-refractivity contribution is -0.138. The fourth-order valence-electron chi connectivity index (χ4n) is 7.21. The first kappa shape index (κ1) is 35.3. The normalized spacial score (nSPS) is 21.4. The summed E-state index contributed by atoms with van der Waals surface area (Å²) in [5.74, 6) is -3.53. The number of ketones is 1. The molecule has 14 nitrogen and oxygen atoms in total. The maximum Gasteiger partial charge on any atom is 0.255 e. The summed E-state index contributed by atoms with van der Waals surface area (Å²) in [6.45, 7) is 1.24. The minimum atomic E-state index is -0.699. The first-order valence-electron chi connectivity index (χ1n) is 17.2. The van der Waals surface area contributed by atoms with Gasteiger partial charge in [0.25, 0.3) is 5.91 Å². The van der Waals surface area contributed by atoms with Crippen LogP contribution in [0.5, 0.6) is 0 Å². The van der Waals surface area contributed by atoms with E-state index in [-0.39, 0.29) is 93.9 Å². The number of carbonyl (C=O) groups is 8. The van der Waals surface area contributed by atoms with Crippen molar-refractivity contribution < 1.29 is 43.1 Å². The van der Waals surface area contributed by atoms with E-state index in [9.17, 15) is 38.4 Å². The molecule has 14 heteroatoms. The second-order valence-corrected chi connectivity index (χ2v) is 13.0. The molecule has 4 N–H and O–H groups in total. The molecule has 0 saturated carbocycles. The molecule has 4 aliphatic rings. The van der Waals surface area contributed by atoms with E-state index in [1.807, 2.05) is 12.1 Å². The second-order valence-electron chi connectivity index (χ2n) is 13.0. The minimum absolute atomic E-state index is 0.121. The highest BCUT2D eigenvalue weighted by atomic mass is 16.5. The molecular weight excluding hydrogens is 658 g/mol. The fourth-order valence-corrected chi connectivity index (χ4v) is 7.21. The van der Waals surface area contributed by atoms with Crippen molar-refractivity contribution in [2.24, 2.45) is 11.8 Å². The van der Waals surface area contributed by atoms with Gasteiger partial charge in [-0.2, -0.15) is 0 Å². The largest absolute Gasteiger partial charge is 0.378 e. The van der Waals surface area contributed by atoms with Gasteiger partial charge in [0.05, 0.1) is 13.2 Å². The SMILES string of the molecule is O=C(/C=C/c1cccc2c1CC(C1CCC(=O)NC1=O)C2=O)NCCOCCNC(=O)CCc1cccc2c1CN(C1CCC(=O)NC1=O)C2=O. The molecular formula is C37H39N5O9. The first-order valence-corrected chi connectivity index (χ1v) is 17.2. The summed E-state index contributed by atoms with van der Waals surface area (Å²) in [5.41, 5.74) is 4.19. The molecule has 3 atom stereocenters. The molecule has 3 unspecified atom stereocenters. The van der Waals surface area contributed by atoms with Gasteiger partial charge in [-0.15, -0.1) is 0 Å². The smallest absolute Gasteiger partial charge is 0.255 e. The van der Waals surface area contributed by atoms with Crippen LogP contribution < -0.4 is 21.3 Å². The summed E-state index contributed by atoms with van der Waals surface area (Å²) < 4.78 is 5.53. The van der Waals surface area contributed by atoms with Gasteiger partial charge in [-0.3, -0.25) is 49.0 Å². The summed E-state index contributed by atoms with van der Waals surface area (Å²) in [6.07, 6.45) is 5.00. The van der Waals surface area contributed by atoms with E-state index in [2.05, 4.69) is 21.3 Å². The number of hydrogen-bond acceptors (Lipinski definition) is 9. The summed E-state index contributed by atoms with van der Waals surface area (Å²) in [6, 6.07) is 9.91. The van der Waals surface area contributed by atoms with Gasteiger partial charge >= 0.3 is 0 Å². The van der Waals surface area contributed by atoms with E-state index in [4.69, 9.17) is 4.74 Å². The van der Waals surface area contributed by atoms with E-state index in [1.165, 1.54) is 11.0 Å². The van der Waals surface area contributed by atoms with Crippen LogP contribution in [0.2, 0.25) is 0 Å². The molecule has 2 fully saturated rings. The predicted molar refractivity (Wildman–Crippen MR) is 181 cm³/mol. The van der Waals surface area contributed by atoms with Crippen LogP contribution in [-0.2, 0) is 52.9 Å². The molecule has 7 amide bonds. The highest BCUT2D eigenvalue weighted by Crippen LogP contribution is 2.37. The molecule has 3 aliphatic heterocycles. The summed E-state index contributed by atoms with van der Waals surface area (Å²) in [4.78, 5) is 100. The number of hydrogen-bond donors (Lipinski definition) is 4. The van der Waals surface area contributed by atoms with Crippen molar-refractivity contribution in [1.82, 2.24) is 26.2 Å². The van der Waals surface area contributed by atoms with Crippen LogP contribution in [0.4, 0.5) is 0 Å². The number of nitrogens with zero attached hydrogens (tertiary/aromatic N) is 1. The van der Waals surface area contributed by atoms with Crippen molar-refractivity contribution in [3.8, 4) is 0 Å². The van der Waals surface area contributed by atoms with Crippen molar-refractivity contribution in [3.05, 3.63) is 75.9 Å². The van der Waals surface area contributed by atoms with E-state index < -0.39 is 29.7 Å². The van der Waals surface area contributed by atoms with Gasteiger partial charge in [-0.05, 0) is 60.1 Å². The number of imide groups is 2. The van der Waals surface area contributed by atoms with Crippen LogP contribution in [-0.4, -0.2) is 84.4 Å². The number of piperidine rings is 2. The average Bonchev–Trinajstić information content (AvgIpc) is 3.62. The van der Waals surface area contributed by atoms with Gasteiger partial charge in [-0.25, -0.2) is 0 Å². The number of fused-ring (bicyclic) bond motifs is 2. The number of rotatable bonds is 13. The number of Topliss-reactive ketones (excluding diaryl/α,β-unsaturated/α-hetero) is 1. The Kier molecular flexibility index (Phi) is 10.8. The molecule has 6 rings (SSSR count). The second kappa shape index (κ2) is 15.6. The Morgan fingerprint density at radius 2 is 1.53 bits per heavy atom. The zero-order chi connectivity index (χ0) is 36.1. The zero-order valence-corrected chi connectivity index (χ0v) is 28.0. The third kappa shape index (κ3) is 7.96. The predicted octanol–water partition coefficient (Wildman–Crippen LogP) is 0.750. The molecule has 0 radical (unpaired) electrons. The van der Waals surface area contributed by atoms with E-state index in [0.717, 1.165) is 22.3 Å². The maximum absolute atomic E-state index is 13.1. The molecule has 2 saturated heterocycles. The molecule has 2 aromatic carbocycles. The van der Waals surface area contributed by atoms with Crippen molar-refractivity contribution in [1.29, 1.82) is 0 Å². The van der Waals surface area contributed by atoms with Gasteiger partial charge in [0, 0.05) is 67.9 Å². The number of aryl methyl sites for hydroxylation is 1. The van der Waals surface area contributed by atoms with Crippen LogP contribution in [0.3, 0.4) is 0 Å².